The third-order valence-corrected chi connectivity index (χ3v) is 5.49. The molecule has 0 amide bonds. The Hall–Kier alpha value is -1.88. The van der Waals surface area contributed by atoms with Crippen molar-refractivity contribution in [2.24, 2.45) is 0 Å². The standard InChI is InChI=1S/C20H27N3O2/c1-13(2)19-21-20(25-22-19)17-8-5-9-23(17)12-16-10-14-6-4-7-15(14)11-18(16)24-3/h10-11,13,17H,4-9,12H2,1-3H3/t17-/m1/s1. The largest absolute Gasteiger partial charge is 0.496 e. The van der Waals surface area contributed by atoms with E-state index in [-0.39, 0.29) is 6.04 Å². The molecule has 0 spiro atoms. The Balaban J connectivity index is 1.57. The molecule has 5 heteroatoms. The number of ether oxygens (including phenoxy) is 1. The van der Waals surface area contributed by atoms with Crippen molar-refractivity contribution in [1.29, 1.82) is 0 Å². The monoisotopic (exact) mass is 341 g/mol. The Morgan fingerprint density at radius 1 is 1.24 bits per heavy atom. The number of nitrogens with zero attached hydrogens (tertiary/aromatic N) is 3. The molecule has 0 N–H and O–H groups in total. The molecule has 1 atom stereocenters. The van der Waals surface area contributed by atoms with Gasteiger partial charge in [0.05, 0.1) is 13.2 Å². The Kier molecular flexibility index (Phi) is 4.50. The van der Waals surface area contributed by atoms with Crippen LogP contribution in [0.2, 0.25) is 0 Å². The van der Waals surface area contributed by atoms with E-state index < -0.39 is 0 Å². The molecule has 0 saturated carbocycles. The normalized spacial score (nSPS) is 20.4. The number of aromatic nitrogens is 2. The smallest absolute Gasteiger partial charge is 0.244 e. The molecule has 134 valence electrons. The van der Waals surface area contributed by atoms with E-state index in [1.165, 1.54) is 36.0 Å². The second-order valence-electron chi connectivity index (χ2n) is 7.56. The van der Waals surface area contributed by atoms with Gasteiger partial charge in [-0.1, -0.05) is 25.1 Å². The van der Waals surface area contributed by atoms with Gasteiger partial charge >= 0.3 is 0 Å². The van der Waals surface area contributed by atoms with Gasteiger partial charge in [0.25, 0.3) is 0 Å². The maximum atomic E-state index is 5.68. The lowest BCUT2D eigenvalue weighted by Crippen LogP contribution is -2.23. The summed E-state index contributed by atoms with van der Waals surface area (Å²) < 4.78 is 11.3. The van der Waals surface area contributed by atoms with Gasteiger partial charge in [-0.05, 0) is 55.8 Å². The molecule has 1 aromatic carbocycles. The molecule has 2 aliphatic rings. The van der Waals surface area contributed by atoms with Gasteiger partial charge in [-0.3, -0.25) is 4.90 Å². The zero-order valence-corrected chi connectivity index (χ0v) is 15.4. The van der Waals surface area contributed by atoms with E-state index in [0.717, 1.165) is 43.4 Å². The molecule has 2 aromatic rings. The highest BCUT2D eigenvalue weighted by molar-refractivity contribution is 5.44. The van der Waals surface area contributed by atoms with Crippen molar-refractivity contribution < 1.29 is 9.26 Å². The van der Waals surface area contributed by atoms with Crippen molar-refractivity contribution in [2.75, 3.05) is 13.7 Å². The third kappa shape index (κ3) is 3.17. The van der Waals surface area contributed by atoms with E-state index in [2.05, 4.69) is 41.0 Å². The molecule has 5 nitrogen and oxygen atoms in total. The molecule has 1 aliphatic heterocycles. The van der Waals surface area contributed by atoms with E-state index in [0.29, 0.717) is 5.92 Å². The summed E-state index contributed by atoms with van der Waals surface area (Å²) in [7, 11) is 1.77. The van der Waals surface area contributed by atoms with Gasteiger partial charge in [-0.25, -0.2) is 0 Å². The predicted octanol–water partition coefficient (Wildman–Crippen LogP) is 4.03. The molecule has 0 unspecified atom stereocenters. The van der Waals surface area contributed by atoms with Crippen molar-refractivity contribution in [2.45, 2.75) is 64.5 Å². The summed E-state index contributed by atoms with van der Waals surface area (Å²) in [5, 5.41) is 4.15. The van der Waals surface area contributed by atoms with Crippen LogP contribution in [0.3, 0.4) is 0 Å². The highest BCUT2D eigenvalue weighted by Gasteiger charge is 2.31. The molecule has 25 heavy (non-hydrogen) atoms. The first-order chi connectivity index (χ1) is 12.2. The van der Waals surface area contributed by atoms with Gasteiger partial charge in [0, 0.05) is 18.0 Å². The summed E-state index contributed by atoms with van der Waals surface area (Å²) in [6, 6.07) is 4.81. The van der Waals surface area contributed by atoms with Crippen molar-refractivity contribution in [3.05, 3.63) is 40.5 Å². The topological polar surface area (TPSA) is 51.4 Å². The quantitative estimate of drug-likeness (QED) is 0.822. The Labute approximate surface area is 149 Å². The molecule has 0 radical (unpaired) electrons. The molecule has 1 saturated heterocycles. The summed E-state index contributed by atoms with van der Waals surface area (Å²) in [5.74, 6) is 2.88. The lowest BCUT2D eigenvalue weighted by Gasteiger charge is -2.23. The zero-order chi connectivity index (χ0) is 17.4. The van der Waals surface area contributed by atoms with Crippen LogP contribution in [0.1, 0.15) is 73.5 Å². The van der Waals surface area contributed by atoms with E-state index in [4.69, 9.17) is 9.26 Å². The van der Waals surface area contributed by atoms with Crippen LogP contribution >= 0.6 is 0 Å². The maximum absolute atomic E-state index is 5.68. The maximum Gasteiger partial charge on any atom is 0.244 e. The minimum absolute atomic E-state index is 0.220. The first-order valence-electron chi connectivity index (χ1n) is 9.42. The zero-order valence-electron chi connectivity index (χ0n) is 15.4. The van der Waals surface area contributed by atoms with Gasteiger partial charge in [0.15, 0.2) is 5.82 Å². The fourth-order valence-corrected chi connectivity index (χ4v) is 4.10. The lowest BCUT2D eigenvalue weighted by molar-refractivity contribution is 0.199. The van der Waals surface area contributed by atoms with Gasteiger partial charge < -0.3 is 9.26 Å². The number of methoxy groups -OCH3 is 1. The van der Waals surface area contributed by atoms with Crippen molar-refractivity contribution >= 4 is 0 Å². The van der Waals surface area contributed by atoms with Crippen molar-refractivity contribution in [3.63, 3.8) is 0 Å². The lowest BCUT2D eigenvalue weighted by atomic mass is 10.0. The molecule has 2 heterocycles. The molecule has 4 rings (SSSR count). The number of hydrogen-bond donors (Lipinski definition) is 0. The molecule has 1 aromatic heterocycles. The van der Waals surface area contributed by atoms with Crippen molar-refractivity contribution in [1.82, 2.24) is 15.0 Å². The SMILES string of the molecule is COc1cc2c(cc1CN1CCC[C@@H]1c1nc(C(C)C)no1)CCC2. The highest BCUT2D eigenvalue weighted by atomic mass is 16.5. The Bertz CT molecular complexity index is 753. The number of rotatable bonds is 5. The number of hydrogen-bond acceptors (Lipinski definition) is 5. The van der Waals surface area contributed by atoms with Crippen LogP contribution in [-0.2, 0) is 19.4 Å². The first kappa shape index (κ1) is 16.6. The van der Waals surface area contributed by atoms with Crippen LogP contribution in [0, 0.1) is 0 Å². The summed E-state index contributed by atoms with van der Waals surface area (Å²) >= 11 is 0. The summed E-state index contributed by atoms with van der Waals surface area (Å²) in [6.45, 7) is 6.12. The van der Waals surface area contributed by atoms with E-state index >= 15 is 0 Å². The van der Waals surface area contributed by atoms with Gasteiger partial charge in [-0.2, -0.15) is 4.98 Å². The second kappa shape index (κ2) is 6.79. The van der Waals surface area contributed by atoms with E-state index in [9.17, 15) is 0 Å². The molecular weight excluding hydrogens is 314 g/mol. The van der Waals surface area contributed by atoms with Crippen molar-refractivity contribution in [3.8, 4) is 5.75 Å². The number of aryl methyl sites for hydroxylation is 2. The fraction of sp³-hybridized carbons (Fsp3) is 0.600. The van der Waals surface area contributed by atoms with Crippen LogP contribution in [0.4, 0.5) is 0 Å². The molecule has 0 bridgehead atoms. The molecule has 1 fully saturated rings. The van der Waals surface area contributed by atoms with E-state index in [1.54, 1.807) is 7.11 Å². The Morgan fingerprint density at radius 2 is 2.04 bits per heavy atom. The van der Waals surface area contributed by atoms with E-state index in [1.807, 2.05) is 0 Å². The van der Waals surface area contributed by atoms with Crippen LogP contribution in [0.15, 0.2) is 16.7 Å². The predicted molar refractivity (Wildman–Crippen MR) is 95.8 cm³/mol. The van der Waals surface area contributed by atoms with Gasteiger partial charge in [0.1, 0.15) is 5.75 Å². The summed E-state index contributed by atoms with van der Waals surface area (Å²) in [5.41, 5.74) is 4.22. The average molecular weight is 341 g/mol. The minimum atomic E-state index is 0.220. The second-order valence-corrected chi connectivity index (χ2v) is 7.56. The Morgan fingerprint density at radius 3 is 2.76 bits per heavy atom. The molecular formula is C20H27N3O2. The highest BCUT2D eigenvalue weighted by Crippen LogP contribution is 2.36. The van der Waals surface area contributed by atoms with Crippen LogP contribution in [-0.4, -0.2) is 28.7 Å². The number of benzene rings is 1. The summed E-state index contributed by atoms with van der Waals surface area (Å²) in [6.07, 6.45) is 5.87. The first-order valence-corrected chi connectivity index (χ1v) is 9.42. The average Bonchev–Trinajstić information content (AvgIpc) is 3.33. The van der Waals surface area contributed by atoms with Crippen LogP contribution in [0.25, 0.3) is 0 Å². The number of fused-ring (bicyclic) bond motifs is 1. The van der Waals surface area contributed by atoms with Gasteiger partial charge in [-0.15, -0.1) is 0 Å². The number of likely N-dealkylation sites (tertiary alicyclic amines) is 1. The third-order valence-electron chi connectivity index (χ3n) is 5.49. The fourth-order valence-electron chi connectivity index (χ4n) is 4.10. The van der Waals surface area contributed by atoms with Gasteiger partial charge in [0.2, 0.25) is 5.89 Å². The van der Waals surface area contributed by atoms with Crippen LogP contribution < -0.4 is 4.74 Å². The summed E-state index contributed by atoms with van der Waals surface area (Å²) in [4.78, 5) is 7.09. The minimum Gasteiger partial charge on any atom is -0.496 e. The van der Waals surface area contributed by atoms with Crippen LogP contribution in [0.5, 0.6) is 5.75 Å². The molecule has 1 aliphatic carbocycles.